The number of aromatic amines is 1. The highest BCUT2D eigenvalue weighted by Gasteiger charge is 2.20. The Morgan fingerprint density at radius 1 is 1.35 bits per heavy atom. The highest BCUT2D eigenvalue weighted by atomic mass is 16.5. The fourth-order valence-corrected chi connectivity index (χ4v) is 2.25. The average molecular weight is 267 g/mol. The maximum atomic E-state index is 12.7. The van der Waals surface area contributed by atoms with E-state index < -0.39 is 0 Å². The molecule has 3 aromatic rings. The monoisotopic (exact) mass is 267 g/mol. The van der Waals surface area contributed by atoms with Crippen LogP contribution in [0.3, 0.4) is 0 Å². The van der Waals surface area contributed by atoms with E-state index in [0.717, 1.165) is 10.9 Å². The quantitative estimate of drug-likeness (QED) is 0.564. The number of hydrogen-bond donors (Lipinski definition) is 2. The predicted molar refractivity (Wildman–Crippen MR) is 76.9 cm³/mol. The van der Waals surface area contributed by atoms with Gasteiger partial charge in [0.05, 0.1) is 12.7 Å². The number of nitrogens with zero attached hydrogens (tertiary/aromatic N) is 1. The van der Waals surface area contributed by atoms with E-state index in [1.54, 1.807) is 36.8 Å². The van der Waals surface area contributed by atoms with Gasteiger partial charge in [-0.1, -0.05) is 6.07 Å². The van der Waals surface area contributed by atoms with Crippen LogP contribution in [0.4, 0.5) is 5.69 Å². The lowest BCUT2D eigenvalue weighted by atomic mass is 10.0. The minimum absolute atomic E-state index is 0.181. The van der Waals surface area contributed by atoms with Crippen LogP contribution in [-0.4, -0.2) is 22.9 Å². The molecule has 0 saturated carbocycles. The topological polar surface area (TPSA) is 81.0 Å². The second kappa shape index (κ2) is 4.70. The first-order chi connectivity index (χ1) is 9.72. The Morgan fingerprint density at radius 3 is 3.00 bits per heavy atom. The second-order valence-electron chi connectivity index (χ2n) is 4.38. The van der Waals surface area contributed by atoms with E-state index in [1.165, 1.54) is 7.11 Å². The Morgan fingerprint density at radius 2 is 2.20 bits per heavy atom. The standard InChI is InChI=1S/C15H13N3O2/c1-20-13-4-2-3-11(16)14(13)15(19)10-8-18-12-5-6-17-7-9(10)12/h2-8,18H,16H2,1H3. The van der Waals surface area contributed by atoms with Crippen LogP contribution in [0, 0.1) is 0 Å². The van der Waals surface area contributed by atoms with Gasteiger partial charge in [-0.3, -0.25) is 9.78 Å². The zero-order valence-corrected chi connectivity index (χ0v) is 10.9. The van der Waals surface area contributed by atoms with Gasteiger partial charge in [-0.25, -0.2) is 0 Å². The molecule has 0 unspecified atom stereocenters. The van der Waals surface area contributed by atoms with Gasteiger partial charge in [0.25, 0.3) is 0 Å². The first-order valence-corrected chi connectivity index (χ1v) is 6.10. The number of nitrogen functional groups attached to an aromatic ring is 1. The van der Waals surface area contributed by atoms with Crippen molar-refractivity contribution in [2.24, 2.45) is 0 Å². The molecule has 0 aliphatic rings. The van der Waals surface area contributed by atoms with E-state index in [2.05, 4.69) is 9.97 Å². The van der Waals surface area contributed by atoms with Gasteiger partial charge in [0.15, 0.2) is 0 Å². The van der Waals surface area contributed by atoms with Gasteiger partial charge in [0.2, 0.25) is 5.78 Å². The fraction of sp³-hybridized carbons (Fsp3) is 0.0667. The number of nitrogens with one attached hydrogen (secondary N) is 1. The Kier molecular flexibility index (Phi) is 2.87. The molecule has 0 atom stereocenters. The maximum absolute atomic E-state index is 12.7. The van der Waals surface area contributed by atoms with Crippen LogP contribution in [0.1, 0.15) is 15.9 Å². The van der Waals surface area contributed by atoms with Crippen LogP contribution in [0.15, 0.2) is 42.9 Å². The van der Waals surface area contributed by atoms with Gasteiger partial charge < -0.3 is 15.5 Å². The second-order valence-corrected chi connectivity index (χ2v) is 4.38. The molecule has 1 aromatic carbocycles. The zero-order chi connectivity index (χ0) is 14.1. The molecule has 5 heteroatoms. The number of H-pyrrole nitrogens is 1. The van der Waals surface area contributed by atoms with Crippen molar-refractivity contribution in [2.45, 2.75) is 0 Å². The number of aromatic nitrogens is 2. The first kappa shape index (κ1) is 12.2. The summed E-state index contributed by atoms with van der Waals surface area (Å²) in [4.78, 5) is 19.8. The Balaban J connectivity index is 2.19. The molecule has 0 spiro atoms. The van der Waals surface area contributed by atoms with Crippen LogP contribution in [0.25, 0.3) is 10.9 Å². The number of ether oxygens (including phenoxy) is 1. The van der Waals surface area contributed by atoms with Gasteiger partial charge >= 0.3 is 0 Å². The van der Waals surface area contributed by atoms with Crippen LogP contribution < -0.4 is 10.5 Å². The maximum Gasteiger partial charge on any atom is 0.201 e. The number of anilines is 1. The van der Waals surface area contributed by atoms with E-state index in [-0.39, 0.29) is 5.78 Å². The number of methoxy groups -OCH3 is 1. The van der Waals surface area contributed by atoms with Crippen molar-refractivity contribution in [1.29, 1.82) is 0 Å². The molecular formula is C15H13N3O2. The summed E-state index contributed by atoms with van der Waals surface area (Å²) in [6, 6.07) is 6.97. The van der Waals surface area contributed by atoms with Crippen molar-refractivity contribution in [2.75, 3.05) is 12.8 Å². The van der Waals surface area contributed by atoms with E-state index in [1.807, 2.05) is 6.07 Å². The smallest absolute Gasteiger partial charge is 0.201 e. The molecule has 3 N–H and O–H groups in total. The molecular weight excluding hydrogens is 254 g/mol. The Bertz CT molecular complexity index is 793. The van der Waals surface area contributed by atoms with Crippen LogP contribution in [0.2, 0.25) is 0 Å². The summed E-state index contributed by atoms with van der Waals surface area (Å²) in [5.41, 5.74) is 8.08. The van der Waals surface area contributed by atoms with Gasteiger partial charge in [0, 0.05) is 40.7 Å². The molecule has 3 rings (SSSR count). The Hall–Kier alpha value is -2.82. The molecule has 0 radical (unpaired) electrons. The van der Waals surface area contributed by atoms with Crippen LogP contribution in [0.5, 0.6) is 5.75 Å². The van der Waals surface area contributed by atoms with Crippen molar-refractivity contribution in [1.82, 2.24) is 9.97 Å². The molecule has 100 valence electrons. The highest BCUT2D eigenvalue weighted by molar-refractivity contribution is 6.19. The SMILES string of the molecule is COc1cccc(N)c1C(=O)c1c[nH]c2ccncc12. The lowest BCUT2D eigenvalue weighted by molar-refractivity contribution is 0.103. The van der Waals surface area contributed by atoms with E-state index in [9.17, 15) is 4.79 Å². The van der Waals surface area contributed by atoms with E-state index >= 15 is 0 Å². The predicted octanol–water partition coefficient (Wildman–Crippen LogP) is 2.38. The summed E-state index contributed by atoms with van der Waals surface area (Å²) in [5.74, 6) is 0.285. The molecule has 0 saturated heterocycles. The van der Waals surface area contributed by atoms with Crippen molar-refractivity contribution in [3.8, 4) is 5.75 Å². The number of benzene rings is 1. The summed E-state index contributed by atoms with van der Waals surface area (Å²) < 4.78 is 5.23. The number of pyridine rings is 1. The van der Waals surface area contributed by atoms with Gasteiger partial charge in [-0.05, 0) is 18.2 Å². The van der Waals surface area contributed by atoms with Crippen molar-refractivity contribution in [3.05, 3.63) is 54.0 Å². The van der Waals surface area contributed by atoms with Gasteiger partial charge in [0.1, 0.15) is 5.75 Å². The summed E-state index contributed by atoms with van der Waals surface area (Å²) in [5, 5.41) is 0.766. The molecule has 2 heterocycles. The molecule has 0 aliphatic heterocycles. The number of fused-ring (bicyclic) bond motifs is 1. The van der Waals surface area contributed by atoms with Crippen molar-refractivity contribution >= 4 is 22.4 Å². The zero-order valence-electron chi connectivity index (χ0n) is 10.9. The summed E-state index contributed by atoms with van der Waals surface area (Å²) in [6.45, 7) is 0. The number of ketones is 1. The van der Waals surface area contributed by atoms with E-state index in [0.29, 0.717) is 22.6 Å². The number of carbonyl (C=O) groups is 1. The molecule has 0 fully saturated rings. The third-order valence-corrected chi connectivity index (χ3v) is 3.23. The average Bonchev–Trinajstić information content (AvgIpc) is 2.90. The Labute approximate surface area is 115 Å². The highest BCUT2D eigenvalue weighted by Crippen LogP contribution is 2.29. The minimum atomic E-state index is -0.181. The molecule has 2 aromatic heterocycles. The van der Waals surface area contributed by atoms with Crippen molar-refractivity contribution in [3.63, 3.8) is 0 Å². The lowest BCUT2D eigenvalue weighted by Gasteiger charge is -2.09. The van der Waals surface area contributed by atoms with Gasteiger partial charge in [-0.15, -0.1) is 0 Å². The summed E-state index contributed by atoms with van der Waals surface area (Å²) in [7, 11) is 1.52. The van der Waals surface area contributed by atoms with Crippen LogP contribution >= 0.6 is 0 Å². The normalized spacial score (nSPS) is 10.7. The largest absolute Gasteiger partial charge is 0.496 e. The minimum Gasteiger partial charge on any atom is -0.496 e. The number of carbonyl (C=O) groups excluding carboxylic acids is 1. The summed E-state index contributed by atoms with van der Waals surface area (Å²) in [6.07, 6.45) is 5.00. The third-order valence-electron chi connectivity index (χ3n) is 3.23. The number of nitrogens with two attached hydrogens (primary N) is 1. The first-order valence-electron chi connectivity index (χ1n) is 6.10. The number of rotatable bonds is 3. The van der Waals surface area contributed by atoms with Crippen molar-refractivity contribution < 1.29 is 9.53 Å². The molecule has 0 amide bonds. The summed E-state index contributed by atoms with van der Waals surface area (Å²) >= 11 is 0. The van der Waals surface area contributed by atoms with E-state index in [4.69, 9.17) is 10.5 Å². The molecule has 0 bridgehead atoms. The number of hydrogen-bond acceptors (Lipinski definition) is 4. The molecule has 0 aliphatic carbocycles. The molecule has 20 heavy (non-hydrogen) atoms. The third kappa shape index (κ3) is 1.80. The molecule has 5 nitrogen and oxygen atoms in total. The van der Waals surface area contributed by atoms with Gasteiger partial charge in [-0.2, -0.15) is 0 Å². The lowest BCUT2D eigenvalue weighted by Crippen LogP contribution is -2.07. The van der Waals surface area contributed by atoms with Crippen LogP contribution in [-0.2, 0) is 0 Å². The fourth-order valence-electron chi connectivity index (χ4n) is 2.25.